The minimum absolute atomic E-state index is 0.362. The Morgan fingerprint density at radius 3 is 2.78 bits per heavy atom. The first-order valence-corrected chi connectivity index (χ1v) is 7.32. The summed E-state index contributed by atoms with van der Waals surface area (Å²) >= 11 is 0. The Labute approximate surface area is 109 Å². The molecule has 2 aliphatic carbocycles. The van der Waals surface area contributed by atoms with Crippen molar-refractivity contribution in [2.75, 3.05) is 13.1 Å². The Kier molecular flexibility index (Phi) is 3.39. The van der Waals surface area contributed by atoms with Crippen molar-refractivity contribution in [3.05, 3.63) is 18.2 Å². The standard InChI is InChI=1S/C14H24N4/c1-2-7-17(11-3-4-11)13(8-15)14-9-16-10-18(14)12-5-6-12/h9-13H,2-8,15H2,1H3. The Hall–Kier alpha value is -0.870. The summed E-state index contributed by atoms with van der Waals surface area (Å²) in [6, 6.07) is 1.82. The zero-order valence-electron chi connectivity index (χ0n) is 11.3. The summed E-state index contributed by atoms with van der Waals surface area (Å²) < 4.78 is 2.36. The van der Waals surface area contributed by atoms with Gasteiger partial charge in [0.1, 0.15) is 0 Å². The molecule has 0 aliphatic heterocycles. The van der Waals surface area contributed by atoms with Gasteiger partial charge in [-0.15, -0.1) is 0 Å². The fraction of sp³-hybridized carbons (Fsp3) is 0.786. The molecule has 4 nitrogen and oxygen atoms in total. The first kappa shape index (κ1) is 12.2. The molecule has 2 saturated carbocycles. The van der Waals surface area contributed by atoms with Gasteiger partial charge in [-0.1, -0.05) is 6.92 Å². The van der Waals surface area contributed by atoms with Crippen LogP contribution >= 0.6 is 0 Å². The quantitative estimate of drug-likeness (QED) is 0.803. The van der Waals surface area contributed by atoms with E-state index in [1.165, 1.54) is 37.8 Å². The van der Waals surface area contributed by atoms with Crippen LogP contribution in [0.3, 0.4) is 0 Å². The van der Waals surface area contributed by atoms with Crippen LogP contribution in [-0.4, -0.2) is 33.6 Å². The third-order valence-corrected chi connectivity index (χ3v) is 4.10. The average molecular weight is 248 g/mol. The average Bonchev–Trinajstić information content (AvgIpc) is 3.29. The lowest BCUT2D eigenvalue weighted by atomic mass is 10.1. The molecule has 2 aliphatic rings. The van der Waals surface area contributed by atoms with Gasteiger partial charge in [0.2, 0.25) is 0 Å². The zero-order valence-corrected chi connectivity index (χ0v) is 11.3. The molecule has 0 bridgehead atoms. The summed E-state index contributed by atoms with van der Waals surface area (Å²) in [5.41, 5.74) is 7.40. The van der Waals surface area contributed by atoms with Crippen LogP contribution in [0, 0.1) is 0 Å². The van der Waals surface area contributed by atoms with E-state index in [1.54, 1.807) is 0 Å². The summed E-state index contributed by atoms with van der Waals surface area (Å²) in [7, 11) is 0. The third-order valence-electron chi connectivity index (χ3n) is 4.10. The molecule has 2 fully saturated rings. The van der Waals surface area contributed by atoms with Gasteiger partial charge < -0.3 is 10.3 Å². The second-order valence-corrected chi connectivity index (χ2v) is 5.68. The largest absolute Gasteiger partial charge is 0.330 e. The highest BCUT2D eigenvalue weighted by molar-refractivity contribution is 5.11. The first-order chi connectivity index (χ1) is 8.85. The van der Waals surface area contributed by atoms with Gasteiger partial charge in [-0.05, 0) is 38.6 Å². The van der Waals surface area contributed by atoms with Gasteiger partial charge in [0, 0.05) is 24.8 Å². The summed E-state index contributed by atoms with van der Waals surface area (Å²) in [4.78, 5) is 6.96. The van der Waals surface area contributed by atoms with Crippen molar-refractivity contribution in [2.45, 2.75) is 57.2 Å². The molecule has 1 aromatic heterocycles. The van der Waals surface area contributed by atoms with Crippen LogP contribution in [0.4, 0.5) is 0 Å². The Morgan fingerprint density at radius 1 is 1.44 bits per heavy atom. The second kappa shape index (κ2) is 5.02. The molecule has 0 spiro atoms. The number of nitrogens with zero attached hydrogens (tertiary/aromatic N) is 3. The maximum atomic E-state index is 6.07. The van der Waals surface area contributed by atoms with E-state index >= 15 is 0 Å². The van der Waals surface area contributed by atoms with Gasteiger partial charge in [0.05, 0.1) is 18.1 Å². The van der Waals surface area contributed by atoms with Gasteiger partial charge in [0.15, 0.2) is 0 Å². The highest BCUT2D eigenvalue weighted by Gasteiger charge is 2.36. The number of hydrogen-bond donors (Lipinski definition) is 1. The fourth-order valence-corrected chi connectivity index (χ4v) is 2.91. The molecule has 0 amide bonds. The first-order valence-electron chi connectivity index (χ1n) is 7.32. The van der Waals surface area contributed by atoms with Gasteiger partial charge in [-0.2, -0.15) is 0 Å². The molecule has 100 valence electrons. The lowest BCUT2D eigenvalue weighted by Crippen LogP contribution is -2.37. The van der Waals surface area contributed by atoms with Crippen molar-refractivity contribution in [3.63, 3.8) is 0 Å². The molecule has 1 heterocycles. The summed E-state index contributed by atoms with van der Waals surface area (Å²) in [5, 5.41) is 0. The molecule has 18 heavy (non-hydrogen) atoms. The molecule has 0 aromatic carbocycles. The van der Waals surface area contributed by atoms with Crippen molar-refractivity contribution in [2.24, 2.45) is 5.73 Å². The SMILES string of the molecule is CCCN(C1CC1)C(CN)c1cncn1C1CC1. The minimum atomic E-state index is 0.362. The van der Waals surface area contributed by atoms with Crippen molar-refractivity contribution in [1.82, 2.24) is 14.5 Å². The van der Waals surface area contributed by atoms with Crippen LogP contribution in [0.15, 0.2) is 12.5 Å². The van der Waals surface area contributed by atoms with Crippen LogP contribution in [0.1, 0.15) is 56.8 Å². The number of nitrogens with two attached hydrogens (primary N) is 1. The fourth-order valence-electron chi connectivity index (χ4n) is 2.91. The molecule has 4 heteroatoms. The molecule has 0 saturated heterocycles. The Bertz CT molecular complexity index is 392. The molecular formula is C14H24N4. The van der Waals surface area contributed by atoms with Crippen LogP contribution in [0.5, 0.6) is 0 Å². The third kappa shape index (κ3) is 2.31. The zero-order chi connectivity index (χ0) is 12.5. The minimum Gasteiger partial charge on any atom is -0.330 e. The van der Waals surface area contributed by atoms with Crippen LogP contribution in [-0.2, 0) is 0 Å². The van der Waals surface area contributed by atoms with Gasteiger partial charge >= 0.3 is 0 Å². The number of aromatic nitrogens is 2. The van der Waals surface area contributed by atoms with Gasteiger partial charge in [0.25, 0.3) is 0 Å². The van der Waals surface area contributed by atoms with Crippen molar-refractivity contribution in [3.8, 4) is 0 Å². The monoisotopic (exact) mass is 248 g/mol. The van der Waals surface area contributed by atoms with E-state index in [2.05, 4.69) is 21.4 Å². The molecule has 0 radical (unpaired) electrons. The molecule has 1 aromatic rings. The number of imidazole rings is 1. The van der Waals surface area contributed by atoms with Crippen LogP contribution in [0.25, 0.3) is 0 Å². The Balaban J connectivity index is 1.82. The van der Waals surface area contributed by atoms with Crippen molar-refractivity contribution >= 4 is 0 Å². The summed E-state index contributed by atoms with van der Waals surface area (Å²) in [5.74, 6) is 0. The van der Waals surface area contributed by atoms with Crippen LogP contribution in [0.2, 0.25) is 0 Å². The molecule has 1 unspecified atom stereocenters. The predicted octanol–water partition coefficient (Wildman–Crippen LogP) is 2.09. The van der Waals surface area contributed by atoms with E-state index in [0.717, 1.165) is 12.6 Å². The maximum Gasteiger partial charge on any atom is 0.0951 e. The molecule has 2 N–H and O–H groups in total. The topological polar surface area (TPSA) is 47.1 Å². The summed E-state index contributed by atoms with van der Waals surface area (Å²) in [6.45, 7) is 4.11. The number of rotatable bonds is 7. The van der Waals surface area contributed by atoms with Crippen molar-refractivity contribution in [1.29, 1.82) is 0 Å². The molecule has 1 atom stereocenters. The van der Waals surface area contributed by atoms with E-state index < -0.39 is 0 Å². The second-order valence-electron chi connectivity index (χ2n) is 5.68. The lowest BCUT2D eigenvalue weighted by Gasteiger charge is -2.31. The smallest absolute Gasteiger partial charge is 0.0951 e. The highest BCUT2D eigenvalue weighted by Crippen LogP contribution is 2.39. The van der Waals surface area contributed by atoms with Gasteiger partial charge in [-0.3, -0.25) is 4.90 Å². The normalized spacial score (nSPS) is 21.5. The van der Waals surface area contributed by atoms with Crippen LogP contribution < -0.4 is 5.73 Å². The maximum absolute atomic E-state index is 6.07. The molecule has 3 rings (SSSR count). The summed E-state index contributed by atoms with van der Waals surface area (Å²) in [6.07, 6.45) is 10.5. The van der Waals surface area contributed by atoms with Crippen molar-refractivity contribution < 1.29 is 0 Å². The lowest BCUT2D eigenvalue weighted by molar-refractivity contribution is 0.184. The van der Waals surface area contributed by atoms with E-state index in [0.29, 0.717) is 18.6 Å². The highest BCUT2D eigenvalue weighted by atomic mass is 15.2. The number of hydrogen-bond acceptors (Lipinski definition) is 3. The van der Waals surface area contributed by atoms with E-state index in [-0.39, 0.29) is 0 Å². The van der Waals surface area contributed by atoms with E-state index in [4.69, 9.17) is 5.73 Å². The van der Waals surface area contributed by atoms with E-state index in [1.807, 2.05) is 12.5 Å². The molecular weight excluding hydrogens is 224 g/mol. The Morgan fingerprint density at radius 2 is 2.22 bits per heavy atom. The van der Waals surface area contributed by atoms with E-state index in [9.17, 15) is 0 Å². The van der Waals surface area contributed by atoms with Gasteiger partial charge in [-0.25, -0.2) is 4.98 Å². The predicted molar refractivity (Wildman–Crippen MR) is 72.3 cm³/mol.